The van der Waals surface area contributed by atoms with Crippen LogP contribution in [0.5, 0.6) is 5.75 Å². The lowest BCUT2D eigenvalue weighted by Crippen LogP contribution is -2.45. The molecule has 0 spiro atoms. The van der Waals surface area contributed by atoms with Crippen LogP contribution in [-0.2, 0) is 11.2 Å². The topological polar surface area (TPSA) is 79.5 Å². The van der Waals surface area contributed by atoms with Crippen LogP contribution in [0.4, 0.5) is 4.79 Å². The van der Waals surface area contributed by atoms with Gasteiger partial charge < -0.3 is 15.4 Å². The molecular formula is C17H25N3O3. The number of carbonyl (C=O) groups excluding carboxylic acids is 2. The van der Waals surface area contributed by atoms with Crippen molar-refractivity contribution in [3.63, 3.8) is 0 Å². The van der Waals surface area contributed by atoms with Crippen LogP contribution in [0.25, 0.3) is 0 Å². The van der Waals surface area contributed by atoms with E-state index < -0.39 is 6.03 Å². The summed E-state index contributed by atoms with van der Waals surface area (Å²) in [4.78, 5) is 23.6. The number of carbonyl (C=O) groups is 2. The summed E-state index contributed by atoms with van der Waals surface area (Å²) in [5.41, 5.74) is 1.26. The third-order valence-corrected chi connectivity index (χ3v) is 3.88. The average molecular weight is 319 g/mol. The van der Waals surface area contributed by atoms with E-state index in [4.69, 9.17) is 4.74 Å². The molecule has 1 heterocycles. The zero-order valence-electron chi connectivity index (χ0n) is 13.6. The van der Waals surface area contributed by atoms with Gasteiger partial charge in [0.2, 0.25) is 5.91 Å². The standard InChI is InChI=1S/C17H25N3O3/c1-2-3-13-4-6-15(7-5-13)23-12-19-17(22)20-16(21)14-8-10-18-11-9-14/h4-7,14,18H,2-3,8-12H2,1H3,(H2,19,20,21,22). The maximum Gasteiger partial charge on any atom is 0.324 e. The predicted octanol–water partition coefficient (Wildman–Crippen LogP) is 1.80. The van der Waals surface area contributed by atoms with E-state index >= 15 is 0 Å². The third-order valence-electron chi connectivity index (χ3n) is 3.88. The van der Waals surface area contributed by atoms with Gasteiger partial charge in [0.1, 0.15) is 5.75 Å². The summed E-state index contributed by atoms with van der Waals surface area (Å²) in [6, 6.07) is 7.27. The van der Waals surface area contributed by atoms with Gasteiger partial charge in [0.15, 0.2) is 6.73 Å². The molecule has 6 nitrogen and oxygen atoms in total. The Morgan fingerprint density at radius 2 is 1.91 bits per heavy atom. The van der Waals surface area contributed by atoms with E-state index in [0.717, 1.165) is 38.8 Å². The first kappa shape index (κ1) is 17.3. The first-order valence-electron chi connectivity index (χ1n) is 8.20. The van der Waals surface area contributed by atoms with Gasteiger partial charge in [-0.05, 0) is 50.0 Å². The fourth-order valence-corrected chi connectivity index (χ4v) is 2.57. The zero-order chi connectivity index (χ0) is 16.5. The highest BCUT2D eigenvalue weighted by Crippen LogP contribution is 2.13. The summed E-state index contributed by atoms with van der Waals surface area (Å²) >= 11 is 0. The summed E-state index contributed by atoms with van der Waals surface area (Å²) in [5.74, 6) is 0.386. The van der Waals surface area contributed by atoms with E-state index in [2.05, 4.69) is 22.9 Å². The number of benzene rings is 1. The molecule has 0 aliphatic carbocycles. The molecule has 6 heteroatoms. The molecule has 1 aliphatic heterocycles. The van der Waals surface area contributed by atoms with Gasteiger partial charge in [-0.2, -0.15) is 0 Å². The van der Waals surface area contributed by atoms with E-state index in [1.807, 2.05) is 24.3 Å². The van der Waals surface area contributed by atoms with Gasteiger partial charge in [0, 0.05) is 5.92 Å². The van der Waals surface area contributed by atoms with Crippen LogP contribution in [0.2, 0.25) is 0 Å². The van der Waals surface area contributed by atoms with Gasteiger partial charge in [0.25, 0.3) is 0 Å². The van der Waals surface area contributed by atoms with Gasteiger partial charge in [0.05, 0.1) is 0 Å². The Labute approximate surface area is 137 Å². The number of nitrogens with one attached hydrogen (secondary N) is 3. The first-order chi connectivity index (χ1) is 11.2. The van der Waals surface area contributed by atoms with E-state index in [1.54, 1.807) is 0 Å². The Morgan fingerprint density at radius 1 is 1.22 bits per heavy atom. The van der Waals surface area contributed by atoms with Crippen LogP contribution < -0.4 is 20.7 Å². The van der Waals surface area contributed by atoms with Gasteiger partial charge in [-0.1, -0.05) is 25.5 Å². The minimum atomic E-state index is -0.517. The lowest BCUT2D eigenvalue weighted by atomic mass is 9.97. The highest BCUT2D eigenvalue weighted by molar-refractivity contribution is 5.95. The van der Waals surface area contributed by atoms with Gasteiger partial charge in [-0.25, -0.2) is 4.79 Å². The van der Waals surface area contributed by atoms with Crippen molar-refractivity contribution in [1.29, 1.82) is 0 Å². The molecule has 3 N–H and O–H groups in total. The molecule has 23 heavy (non-hydrogen) atoms. The highest BCUT2D eigenvalue weighted by Gasteiger charge is 2.22. The Kier molecular flexibility index (Phi) is 6.87. The highest BCUT2D eigenvalue weighted by atomic mass is 16.5. The van der Waals surface area contributed by atoms with E-state index in [-0.39, 0.29) is 18.6 Å². The number of urea groups is 1. The number of ether oxygens (including phenoxy) is 1. The maximum atomic E-state index is 11.9. The summed E-state index contributed by atoms with van der Waals surface area (Å²) in [7, 11) is 0. The van der Waals surface area contributed by atoms with E-state index in [9.17, 15) is 9.59 Å². The Morgan fingerprint density at radius 3 is 2.57 bits per heavy atom. The fourth-order valence-electron chi connectivity index (χ4n) is 2.57. The second-order valence-corrected chi connectivity index (χ2v) is 5.70. The quantitative estimate of drug-likeness (QED) is 0.699. The minimum absolute atomic E-state index is 0.0262. The molecule has 0 saturated carbocycles. The predicted molar refractivity (Wildman–Crippen MR) is 88.2 cm³/mol. The molecule has 0 radical (unpaired) electrons. The summed E-state index contributed by atoms with van der Waals surface area (Å²) in [6.45, 7) is 3.80. The fraction of sp³-hybridized carbons (Fsp3) is 0.529. The summed E-state index contributed by atoms with van der Waals surface area (Å²) in [5, 5.41) is 8.08. The largest absolute Gasteiger partial charge is 0.473 e. The number of aryl methyl sites for hydroxylation is 1. The van der Waals surface area contributed by atoms with Crippen LogP contribution in [-0.4, -0.2) is 31.8 Å². The number of rotatable bonds is 6. The van der Waals surface area contributed by atoms with Crippen molar-refractivity contribution in [3.05, 3.63) is 29.8 Å². The van der Waals surface area contributed by atoms with Crippen molar-refractivity contribution in [2.24, 2.45) is 5.92 Å². The molecule has 1 fully saturated rings. The second-order valence-electron chi connectivity index (χ2n) is 5.70. The molecule has 3 amide bonds. The Bertz CT molecular complexity index is 510. The first-order valence-corrected chi connectivity index (χ1v) is 8.20. The van der Waals surface area contributed by atoms with E-state index in [0.29, 0.717) is 5.75 Å². The molecule has 2 rings (SSSR count). The third kappa shape index (κ3) is 5.90. The molecular weight excluding hydrogens is 294 g/mol. The van der Waals surface area contributed by atoms with Crippen LogP contribution in [0.3, 0.4) is 0 Å². The Balaban J connectivity index is 1.66. The summed E-state index contributed by atoms with van der Waals surface area (Å²) in [6.07, 6.45) is 3.67. The van der Waals surface area contributed by atoms with Crippen molar-refractivity contribution < 1.29 is 14.3 Å². The van der Waals surface area contributed by atoms with Crippen molar-refractivity contribution in [3.8, 4) is 5.75 Å². The lowest BCUT2D eigenvalue weighted by Gasteiger charge is -2.21. The minimum Gasteiger partial charge on any atom is -0.473 e. The van der Waals surface area contributed by atoms with Crippen molar-refractivity contribution >= 4 is 11.9 Å². The number of hydrogen-bond donors (Lipinski definition) is 3. The lowest BCUT2D eigenvalue weighted by molar-refractivity contribution is -0.124. The number of amides is 3. The SMILES string of the molecule is CCCc1ccc(OCNC(=O)NC(=O)C2CCNCC2)cc1. The molecule has 1 aliphatic rings. The van der Waals surface area contributed by atoms with Gasteiger partial charge >= 0.3 is 6.03 Å². The van der Waals surface area contributed by atoms with Crippen LogP contribution in [0.15, 0.2) is 24.3 Å². The molecule has 1 saturated heterocycles. The normalized spacial score (nSPS) is 15.0. The van der Waals surface area contributed by atoms with Crippen molar-refractivity contribution in [1.82, 2.24) is 16.0 Å². The average Bonchev–Trinajstić information content (AvgIpc) is 2.57. The molecule has 1 aromatic carbocycles. The summed E-state index contributed by atoms with van der Waals surface area (Å²) < 4.78 is 5.44. The number of imide groups is 1. The van der Waals surface area contributed by atoms with Gasteiger partial charge in [-0.3, -0.25) is 10.1 Å². The molecule has 126 valence electrons. The molecule has 0 bridgehead atoms. The van der Waals surface area contributed by atoms with Crippen molar-refractivity contribution in [2.75, 3.05) is 19.8 Å². The van der Waals surface area contributed by atoms with E-state index in [1.165, 1.54) is 5.56 Å². The smallest absolute Gasteiger partial charge is 0.324 e. The molecule has 1 aromatic rings. The Hall–Kier alpha value is -2.08. The van der Waals surface area contributed by atoms with Crippen LogP contribution >= 0.6 is 0 Å². The van der Waals surface area contributed by atoms with Crippen LogP contribution in [0, 0.1) is 5.92 Å². The van der Waals surface area contributed by atoms with Crippen molar-refractivity contribution in [2.45, 2.75) is 32.6 Å². The van der Waals surface area contributed by atoms with Gasteiger partial charge in [-0.15, -0.1) is 0 Å². The number of hydrogen-bond acceptors (Lipinski definition) is 4. The molecule has 0 atom stereocenters. The second kappa shape index (κ2) is 9.15. The molecule has 0 unspecified atom stereocenters. The maximum absolute atomic E-state index is 11.9. The van der Waals surface area contributed by atoms with Crippen LogP contribution in [0.1, 0.15) is 31.7 Å². The molecule has 0 aromatic heterocycles. The number of piperidine rings is 1. The monoisotopic (exact) mass is 319 g/mol. The zero-order valence-corrected chi connectivity index (χ0v) is 13.6.